The van der Waals surface area contributed by atoms with Crippen molar-refractivity contribution < 1.29 is 5.11 Å². The summed E-state index contributed by atoms with van der Waals surface area (Å²) in [4.78, 5) is 3.86. The van der Waals surface area contributed by atoms with Crippen molar-refractivity contribution in [2.45, 2.75) is 0 Å². The Labute approximate surface area is 66.5 Å². The summed E-state index contributed by atoms with van der Waals surface area (Å²) in [7, 11) is 0. The van der Waals surface area contributed by atoms with Crippen molar-refractivity contribution in [1.29, 1.82) is 0 Å². The first-order valence-corrected chi connectivity index (χ1v) is 3.88. The lowest BCUT2D eigenvalue weighted by Crippen LogP contribution is -1.74. The Bertz CT molecular complexity index is 340. The molecule has 2 rings (SSSR count). The Morgan fingerprint density at radius 1 is 1.55 bits per heavy atom. The lowest BCUT2D eigenvalue weighted by molar-refractivity contribution is 0.458. The molecule has 0 unspecified atom stereocenters. The zero-order valence-electron chi connectivity index (χ0n) is 5.48. The van der Waals surface area contributed by atoms with Crippen LogP contribution in [-0.2, 0) is 0 Å². The van der Waals surface area contributed by atoms with E-state index in [1.54, 1.807) is 17.6 Å². The topological polar surface area (TPSA) is 61.8 Å². The molecule has 4 nitrogen and oxygen atoms in total. The molecule has 0 saturated carbocycles. The first-order chi connectivity index (χ1) is 5.36. The van der Waals surface area contributed by atoms with E-state index >= 15 is 0 Å². The summed E-state index contributed by atoms with van der Waals surface area (Å²) >= 11 is 1.37. The van der Waals surface area contributed by atoms with Gasteiger partial charge in [-0.3, -0.25) is 5.10 Å². The predicted molar refractivity (Wildman–Crippen MR) is 41.4 cm³/mol. The predicted octanol–water partition coefficient (Wildman–Crippen LogP) is 1.24. The minimum Gasteiger partial charge on any atom is -0.493 e. The number of aromatic hydroxyl groups is 1. The summed E-state index contributed by atoms with van der Waals surface area (Å²) in [5.41, 5.74) is 0.829. The lowest BCUT2D eigenvalue weighted by Gasteiger charge is -1.84. The van der Waals surface area contributed by atoms with E-state index in [1.807, 2.05) is 0 Å². The van der Waals surface area contributed by atoms with Gasteiger partial charge in [0.25, 0.3) is 0 Å². The molecule has 0 spiro atoms. The second-order valence-corrected chi connectivity index (χ2v) is 2.84. The van der Waals surface area contributed by atoms with Gasteiger partial charge in [0, 0.05) is 6.20 Å². The van der Waals surface area contributed by atoms with Gasteiger partial charge in [0.15, 0.2) is 0 Å². The molecular weight excluding hydrogens is 162 g/mol. The van der Waals surface area contributed by atoms with E-state index in [2.05, 4.69) is 15.2 Å². The number of rotatable bonds is 1. The fourth-order valence-electron chi connectivity index (χ4n) is 0.764. The second-order valence-electron chi connectivity index (χ2n) is 1.98. The van der Waals surface area contributed by atoms with E-state index in [0.717, 1.165) is 10.7 Å². The number of H-pyrrole nitrogens is 1. The molecule has 0 aromatic carbocycles. The van der Waals surface area contributed by atoms with Crippen LogP contribution in [-0.4, -0.2) is 20.3 Å². The Morgan fingerprint density at radius 3 is 3.00 bits per heavy atom. The molecule has 2 aromatic rings. The van der Waals surface area contributed by atoms with Crippen molar-refractivity contribution in [2.24, 2.45) is 0 Å². The third-order valence-corrected chi connectivity index (χ3v) is 2.09. The van der Waals surface area contributed by atoms with Crippen LogP contribution in [0.4, 0.5) is 0 Å². The lowest BCUT2D eigenvalue weighted by atomic mass is 10.5. The summed E-state index contributed by atoms with van der Waals surface area (Å²) in [6.07, 6.45) is 1.65. The van der Waals surface area contributed by atoms with Crippen LogP contribution in [0.3, 0.4) is 0 Å². The van der Waals surface area contributed by atoms with E-state index in [9.17, 15) is 0 Å². The maximum absolute atomic E-state index is 8.92. The van der Waals surface area contributed by atoms with Crippen LogP contribution in [0.15, 0.2) is 17.6 Å². The van der Waals surface area contributed by atoms with E-state index < -0.39 is 0 Å². The van der Waals surface area contributed by atoms with Crippen LogP contribution in [0, 0.1) is 0 Å². The quantitative estimate of drug-likeness (QED) is 0.671. The molecule has 56 valence electrons. The summed E-state index contributed by atoms with van der Waals surface area (Å²) in [5.74, 6) is 0.0552. The number of aromatic nitrogens is 3. The van der Waals surface area contributed by atoms with E-state index in [-0.39, 0.29) is 5.88 Å². The highest BCUT2D eigenvalue weighted by molar-refractivity contribution is 7.13. The Morgan fingerprint density at radius 2 is 2.45 bits per heavy atom. The molecule has 0 radical (unpaired) electrons. The first-order valence-electron chi connectivity index (χ1n) is 3.00. The molecule has 0 saturated heterocycles. The fourth-order valence-corrected chi connectivity index (χ4v) is 1.42. The van der Waals surface area contributed by atoms with Gasteiger partial charge in [0.2, 0.25) is 5.88 Å². The van der Waals surface area contributed by atoms with Crippen LogP contribution in [0.1, 0.15) is 0 Å². The molecule has 0 bridgehead atoms. The SMILES string of the molecule is Oc1csc(-c2ccn[nH]2)n1. The van der Waals surface area contributed by atoms with Crippen molar-refractivity contribution >= 4 is 11.3 Å². The number of aromatic amines is 1. The Balaban J connectivity index is 2.45. The van der Waals surface area contributed by atoms with Gasteiger partial charge in [-0.05, 0) is 6.07 Å². The molecule has 0 amide bonds. The summed E-state index contributed by atoms with van der Waals surface area (Å²) in [6.45, 7) is 0. The third-order valence-electron chi connectivity index (χ3n) is 1.22. The minimum absolute atomic E-state index is 0.0552. The summed E-state index contributed by atoms with van der Waals surface area (Å²) in [6, 6.07) is 1.80. The van der Waals surface area contributed by atoms with E-state index in [0.29, 0.717) is 0 Å². The van der Waals surface area contributed by atoms with Gasteiger partial charge in [-0.1, -0.05) is 0 Å². The maximum Gasteiger partial charge on any atom is 0.222 e. The van der Waals surface area contributed by atoms with Gasteiger partial charge in [0.1, 0.15) is 5.01 Å². The molecule has 0 aliphatic heterocycles. The Kier molecular flexibility index (Phi) is 1.36. The molecule has 11 heavy (non-hydrogen) atoms. The van der Waals surface area contributed by atoms with Crippen LogP contribution in [0.2, 0.25) is 0 Å². The molecule has 2 aromatic heterocycles. The van der Waals surface area contributed by atoms with Crippen molar-refractivity contribution in [2.75, 3.05) is 0 Å². The molecule has 2 N–H and O–H groups in total. The first kappa shape index (κ1) is 6.36. The molecular formula is C6H5N3OS. The smallest absolute Gasteiger partial charge is 0.222 e. The molecule has 0 aliphatic carbocycles. The summed E-state index contributed by atoms with van der Waals surface area (Å²) in [5, 5.41) is 17.8. The zero-order chi connectivity index (χ0) is 7.68. The van der Waals surface area contributed by atoms with Gasteiger partial charge < -0.3 is 5.11 Å². The van der Waals surface area contributed by atoms with Crippen LogP contribution >= 0.6 is 11.3 Å². The van der Waals surface area contributed by atoms with Crippen molar-refractivity contribution in [3.05, 3.63) is 17.6 Å². The molecule has 2 heterocycles. The highest BCUT2D eigenvalue weighted by Gasteiger charge is 2.03. The monoisotopic (exact) mass is 167 g/mol. The summed E-state index contributed by atoms with van der Waals surface area (Å²) < 4.78 is 0. The zero-order valence-corrected chi connectivity index (χ0v) is 6.30. The highest BCUT2D eigenvalue weighted by Crippen LogP contribution is 2.23. The van der Waals surface area contributed by atoms with Gasteiger partial charge in [-0.15, -0.1) is 11.3 Å². The molecule has 0 atom stereocenters. The highest BCUT2D eigenvalue weighted by atomic mass is 32.1. The van der Waals surface area contributed by atoms with Crippen LogP contribution in [0.5, 0.6) is 5.88 Å². The Hall–Kier alpha value is -1.36. The second kappa shape index (κ2) is 2.35. The van der Waals surface area contributed by atoms with Crippen molar-refractivity contribution in [3.8, 4) is 16.6 Å². The number of hydrogen-bond donors (Lipinski definition) is 2. The fraction of sp³-hybridized carbons (Fsp3) is 0. The largest absolute Gasteiger partial charge is 0.493 e. The standard InChI is InChI=1S/C6H5N3OS/c10-5-3-11-6(8-5)4-1-2-7-9-4/h1-3,10H,(H,7,9). The van der Waals surface area contributed by atoms with Gasteiger partial charge in [-0.25, -0.2) is 4.98 Å². The van der Waals surface area contributed by atoms with E-state index in [4.69, 9.17) is 5.11 Å². The number of nitrogens with zero attached hydrogens (tertiary/aromatic N) is 2. The van der Waals surface area contributed by atoms with Gasteiger partial charge in [0.05, 0.1) is 11.1 Å². The normalized spacial score (nSPS) is 10.2. The van der Waals surface area contributed by atoms with Gasteiger partial charge >= 0.3 is 0 Å². The maximum atomic E-state index is 8.92. The minimum atomic E-state index is 0.0552. The van der Waals surface area contributed by atoms with Gasteiger partial charge in [-0.2, -0.15) is 5.10 Å². The van der Waals surface area contributed by atoms with Crippen molar-refractivity contribution in [3.63, 3.8) is 0 Å². The molecule has 0 fully saturated rings. The molecule has 0 aliphatic rings. The number of nitrogens with one attached hydrogen (secondary N) is 1. The van der Waals surface area contributed by atoms with Crippen LogP contribution < -0.4 is 0 Å². The van der Waals surface area contributed by atoms with Crippen LogP contribution in [0.25, 0.3) is 10.7 Å². The average Bonchev–Trinajstić information content (AvgIpc) is 2.55. The average molecular weight is 167 g/mol. The molecule has 5 heteroatoms. The van der Waals surface area contributed by atoms with E-state index in [1.165, 1.54) is 11.3 Å². The number of thiazole rings is 1. The third kappa shape index (κ3) is 1.10. The van der Waals surface area contributed by atoms with Crippen molar-refractivity contribution in [1.82, 2.24) is 15.2 Å². The number of hydrogen-bond acceptors (Lipinski definition) is 4.